The molecule has 6 heteroatoms. The van der Waals surface area contributed by atoms with Crippen LogP contribution < -0.4 is 0 Å². The highest BCUT2D eigenvalue weighted by Gasteiger charge is 2.48. The molecule has 1 heterocycles. The molecule has 4 aromatic carbocycles. The largest absolute Gasteiger partial charge is 0.374 e. The molecular weight excluding hydrogens is 577 g/mol. The molecule has 0 unspecified atom stereocenters. The monoisotopic (exact) mass is 620 g/mol. The van der Waals surface area contributed by atoms with Gasteiger partial charge in [-0.15, -0.1) is 5.54 Å². The standard InChI is InChI=1S/C39H44O5Si/c1-45(2,3)25-24-35-37(41-27-32-18-10-5-11-19-32)39(43-29-34-22-14-7-15-23-34)38(42-28-33-20-12-6-13-21-33)36(44-35)30-40-26-31-16-8-4-9-17-31/h4-23,35-39H,26-30H2,1-3H3/t35-,36-,37-,38-,39-/m1/s1. The summed E-state index contributed by atoms with van der Waals surface area (Å²) in [7, 11) is -1.72. The van der Waals surface area contributed by atoms with Crippen LogP contribution in [0, 0.1) is 11.5 Å². The zero-order valence-corrected chi connectivity index (χ0v) is 27.5. The number of hydrogen-bond donors (Lipinski definition) is 0. The van der Waals surface area contributed by atoms with E-state index in [4.69, 9.17) is 23.7 Å². The second kappa shape index (κ2) is 16.7. The molecule has 1 saturated heterocycles. The van der Waals surface area contributed by atoms with Gasteiger partial charge in [-0.1, -0.05) is 147 Å². The van der Waals surface area contributed by atoms with E-state index in [9.17, 15) is 0 Å². The van der Waals surface area contributed by atoms with Crippen molar-refractivity contribution in [2.24, 2.45) is 0 Å². The molecule has 0 aliphatic carbocycles. The average molecular weight is 621 g/mol. The lowest BCUT2D eigenvalue weighted by atomic mass is 9.94. The lowest BCUT2D eigenvalue weighted by molar-refractivity contribution is -0.261. The summed E-state index contributed by atoms with van der Waals surface area (Å²) in [5.74, 6) is 3.48. The van der Waals surface area contributed by atoms with Gasteiger partial charge in [0, 0.05) is 0 Å². The van der Waals surface area contributed by atoms with Gasteiger partial charge in [-0.3, -0.25) is 0 Å². The van der Waals surface area contributed by atoms with Gasteiger partial charge >= 0.3 is 0 Å². The fraction of sp³-hybridized carbons (Fsp3) is 0.333. The normalized spacial score (nSPS) is 21.5. The van der Waals surface area contributed by atoms with Crippen molar-refractivity contribution in [2.75, 3.05) is 6.61 Å². The maximum absolute atomic E-state index is 6.80. The number of hydrogen-bond acceptors (Lipinski definition) is 5. The van der Waals surface area contributed by atoms with Crippen LogP contribution in [-0.4, -0.2) is 45.2 Å². The molecule has 0 saturated carbocycles. The molecule has 1 aliphatic rings. The van der Waals surface area contributed by atoms with Crippen molar-refractivity contribution in [1.29, 1.82) is 0 Å². The molecule has 0 spiro atoms. The van der Waals surface area contributed by atoms with E-state index < -0.39 is 38.6 Å². The van der Waals surface area contributed by atoms with Crippen molar-refractivity contribution in [3.8, 4) is 11.5 Å². The molecule has 0 amide bonds. The smallest absolute Gasteiger partial charge is 0.146 e. The summed E-state index contributed by atoms with van der Waals surface area (Å²) in [6.45, 7) is 8.73. The Morgan fingerprint density at radius 2 is 0.933 bits per heavy atom. The molecule has 234 valence electrons. The second-order valence-electron chi connectivity index (χ2n) is 12.4. The van der Waals surface area contributed by atoms with Crippen molar-refractivity contribution < 1.29 is 23.7 Å². The van der Waals surface area contributed by atoms with Crippen LogP contribution in [0.15, 0.2) is 121 Å². The van der Waals surface area contributed by atoms with E-state index in [1.54, 1.807) is 0 Å². The summed E-state index contributed by atoms with van der Waals surface area (Å²) in [6.07, 6.45) is -2.34. The zero-order chi connectivity index (χ0) is 31.3. The predicted octanol–water partition coefficient (Wildman–Crippen LogP) is 7.61. The molecule has 5 atom stereocenters. The first-order valence-corrected chi connectivity index (χ1v) is 19.2. The Morgan fingerprint density at radius 3 is 1.38 bits per heavy atom. The number of rotatable bonds is 13. The third-order valence-corrected chi connectivity index (χ3v) is 8.37. The SMILES string of the molecule is C[Si](C)(C)C#C[C@H]1O[C@H](COCc2ccccc2)[C@@H](OCc2ccccc2)[C@H](OCc2ccccc2)[C@@H]1OCc1ccccc1. The van der Waals surface area contributed by atoms with Crippen LogP contribution in [0.4, 0.5) is 0 Å². The van der Waals surface area contributed by atoms with E-state index in [-0.39, 0.29) is 0 Å². The predicted molar refractivity (Wildman–Crippen MR) is 181 cm³/mol. The molecule has 0 N–H and O–H groups in total. The van der Waals surface area contributed by atoms with Crippen LogP contribution in [0.2, 0.25) is 19.6 Å². The minimum absolute atomic E-state index is 0.329. The Kier molecular flexibility index (Phi) is 12.2. The van der Waals surface area contributed by atoms with E-state index in [0.717, 1.165) is 22.3 Å². The summed E-state index contributed by atoms with van der Waals surface area (Å²) in [4.78, 5) is 0. The van der Waals surface area contributed by atoms with Crippen LogP contribution in [-0.2, 0) is 50.1 Å². The summed E-state index contributed by atoms with van der Waals surface area (Å²) in [6, 6.07) is 40.7. The molecule has 45 heavy (non-hydrogen) atoms. The summed E-state index contributed by atoms with van der Waals surface area (Å²) < 4.78 is 33.3. The van der Waals surface area contributed by atoms with E-state index >= 15 is 0 Å². The fourth-order valence-electron chi connectivity index (χ4n) is 5.19. The van der Waals surface area contributed by atoms with Crippen molar-refractivity contribution in [3.05, 3.63) is 144 Å². The van der Waals surface area contributed by atoms with Crippen LogP contribution in [0.25, 0.3) is 0 Å². The van der Waals surface area contributed by atoms with E-state index in [1.165, 1.54) is 0 Å². The molecule has 1 aliphatic heterocycles. The first-order valence-electron chi connectivity index (χ1n) is 15.7. The number of ether oxygens (including phenoxy) is 5. The van der Waals surface area contributed by atoms with Crippen LogP contribution in [0.3, 0.4) is 0 Å². The van der Waals surface area contributed by atoms with Crippen LogP contribution in [0.1, 0.15) is 22.3 Å². The van der Waals surface area contributed by atoms with E-state index in [0.29, 0.717) is 33.0 Å². The minimum atomic E-state index is -1.72. The first kappa shape index (κ1) is 32.8. The van der Waals surface area contributed by atoms with Gasteiger partial charge in [-0.25, -0.2) is 0 Å². The van der Waals surface area contributed by atoms with Crippen LogP contribution >= 0.6 is 0 Å². The third kappa shape index (κ3) is 10.5. The molecule has 5 nitrogen and oxygen atoms in total. The van der Waals surface area contributed by atoms with Crippen molar-refractivity contribution in [2.45, 2.75) is 76.6 Å². The van der Waals surface area contributed by atoms with Crippen molar-refractivity contribution >= 4 is 8.07 Å². The molecule has 1 fully saturated rings. The maximum Gasteiger partial charge on any atom is 0.146 e. The van der Waals surface area contributed by atoms with Gasteiger partial charge in [-0.05, 0) is 22.3 Å². The van der Waals surface area contributed by atoms with Gasteiger partial charge in [0.05, 0.1) is 33.0 Å². The quantitative estimate of drug-likeness (QED) is 0.114. The Morgan fingerprint density at radius 1 is 0.533 bits per heavy atom. The lowest BCUT2D eigenvalue weighted by Crippen LogP contribution is -2.61. The maximum atomic E-state index is 6.80. The number of benzene rings is 4. The van der Waals surface area contributed by atoms with Crippen molar-refractivity contribution in [1.82, 2.24) is 0 Å². The first-order chi connectivity index (χ1) is 21.9. The van der Waals surface area contributed by atoms with E-state index in [2.05, 4.69) is 79.6 Å². The molecule has 4 aromatic rings. The van der Waals surface area contributed by atoms with Gasteiger partial charge in [0.25, 0.3) is 0 Å². The molecule has 0 aromatic heterocycles. The second-order valence-corrected chi connectivity index (χ2v) is 17.1. The zero-order valence-electron chi connectivity index (χ0n) is 26.5. The Hall–Kier alpha value is -3.54. The lowest BCUT2D eigenvalue weighted by Gasteiger charge is -2.45. The summed E-state index contributed by atoms with van der Waals surface area (Å²) in [5.41, 5.74) is 7.87. The van der Waals surface area contributed by atoms with E-state index in [1.807, 2.05) is 72.8 Å². The molecular formula is C39H44O5Si. The third-order valence-electron chi connectivity index (χ3n) is 7.47. The minimum Gasteiger partial charge on any atom is -0.374 e. The van der Waals surface area contributed by atoms with Gasteiger partial charge < -0.3 is 23.7 Å². The molecule has 0 radical (unpaired) electrons. The summed E-state index contributed by atoms with van der Waals surface area (Å²) >= 11 is 0. The highest BCUT2D eigenvalue weighted by Crippen LogP contribution is 2.31. The highest BCUT2D eigenvalue weighted by atomic mass is 28.3. The fourth-order valence-corrected chi connectivity index (χ4v) is 5.77. The van der Waals surface area contributed by atoms with Gasteiger partial charge in [0.1, 0.15) is 38.6 Å². The Balaban J connectivity index is 1.46. The highest BCUT2D eigenvalue weighted by molar-refractivity contribution is 6.83. The topological polar surface area (TPSA) is 46.2 Å². The Bertz CT molecular complexity index is 1470. The Labute approximate surface area is 269 Å². The van der Waals surface area contributed by atoms with Gasteiger partial charge in [0.15, 0.2) is 0 Å². The molecule has 0 bridgehead atoms. The van der Waals surface area contributed by atoms with Crippen molar-refractivity contribution in [3.63, 3.8) is 0 Å². The van der Waals surface area contributed by atoms with Gasteiger partial charge in [-0.2, -0.15) is 0 Å². The summed E-state index contributed by atoms with van der Waals surface area (Å²) in [5, 5.41) is 0. The average Bonchev–Trinajstić information content (AvgIpc) is 3.06. The van der Waals surface area contributed by atoms with Gasteiger partial charge in [0.2, 0.25) is 0 Å². The molecule has 5 rings (SSSR count). The van der Waals surface area contributed by atoms with Crippen LogP contribution in [0.5, 0.6) is 0 Å².